The number of carbonyl (C=O) groups excluding carboxylic acids is 3. The van der Waals surface area contributed by atoms with Crippen molar-refractivity contribution in [1.82, 2.24) is 9.78 Å². The number of hydrogen-bond acceptors (Lipinski definition) is 6. The second-order valence-electron chi connectivity index (χ2n) is 4.40. The van der Waals surface area contributed by atoms with Crippen molar-refractivity contribution in [2.75, 3.05) is 6.61 Å². The predicted molar refractivity (Wildman–Crippen MR) is 75.8 cm³/mol. The van der Waals surface area contributed by atoms with Gasteiger partial charge < -0.3 is 9.84 Å². The summed E-state index contributed by atoms with van der Waals surface area (Å²) in [5.74, 6) is -2.93. The van der Waals surface area contributed by atoms with E-state index in [0.717, 1.165) is 0 Å². The minimum absolute atomic E-state index is 0.0337. The summed E-state index contributed by atoms with van der Waals surface area (Å²) in [5.41, 5.74) is 0.532. The van der Waals surface area contributed by atoms with Crippen LogP contribution in [0.15, 0.2) is 36.7 Å². The number of ether oxygens (including phenoxy) is 1. The molecule has 0 saturated heterocycles. The van der Waals surface area contributed by atoms with Crippen LogP contribution in [0.4, 0.5) is 0 Å². The summed E-state index contributed by atoms with van der Waals surface area (Å²) in [7, 11) is 0. The second kappa shape index (κ2) is 6.66. The Morgan fingerprint density at radius 3 is 2.68 bits per heavy atom. The average Bonchev–Trinajstić information content (AvgIpc) is 3.01. The van der Waals surface area contributed by atoms with E-state index in [1.807, 2.05) is 0 Å². The van der Waals surface area contributed by atoms with E-state index in [-0.39, 0.29) is 17.9 Å². The number of nitrogens with zero attached hydrogens (tertiary/aromatic N) is 2. The SMILES string of the molecule is CCOC(=O)C(=O)CC(=O)c1ccc(-n2cccn2)cc1O. The number of phenols is 1. The van der Waals surface area contributed by atoms with Crippen LogP contribution in [0.25, 0.3) is 5.69 Å². The van der Waals surface area contributed by atoms with Crippen LogP contribution in [0, 0.1) is 0 Å². The van der Waals surface area contributed by atoms with Crippen LogP contribution in [0.5, 0.6) is 5.75 Å². The molecule has 7 nitrogen and oxygen atoms in total. The van der Waals surface area contributed by atoms with Crippen molar-refractivity contribution in [3.8, 4) is 11.4 Å². The number of aromatic hydroxyl groups is 1. The Bertz CT molecular complexity index is 707. The molecule has 0 aliphatic carbocycles. The van der Waals surface area contributed by atoms with Crippen LogP contribution < -0.4 is 0 Å². The molecule has 0 bridgehead atoms. The normalized spacial score (nSPS) is 10.2. The summed E-state index contributed by atoms with van der Waals surface area (Å²) >= 11 is 0. The summed E-state index contributed by atoms with van der Waals surface area (Å²) in [4.78, 5) is 34.7. The van der Waals surface area contributed by atoms with Crippen molar-refractivity contribution in [2.45, 2.75) is 13.3 Å². The molecule has 0 aliphatic heterocycles. The molecule has 7 heteroatoms. The smallest absolute Gasteiger partial charge is 0.375 e. The lowest BCUT2D eigenvalue weighted by molar-refractivity contribution is -0.153. The first-order chi connectivity index (χ1) is 10.5. The monoisotopic (exact) mass is 302 g/mol. The minimum atomic E-state index is -1.05. The van der Waals surface area contributed by atoms with Gasteiger partial charge in [0.15, 0.2) is 5.78 Å². The highest BCUT2D eigenvalue weighted by Gasteiger charge is 2.22. The van der Waals surface area contributed by atoms with Gasteiger partial charge >= 0.3 is 5.97 Å². The number of rotatable bonds is 6. The number of carbonyl (C=O) groups is 3. The van der Waals surface area contributed by atoms with Crippen LogP contribution in [-0.4, -0.2) is 39.0 Å². The van der Waals surface area contributed by atoms with Crippen molar-refractivity contribution in [3.63, 3.8) is 0 Å². The van der Waals surface area contributed by atoms with E-state index in [4.69, 9.17) is 0 Å². The lowest BCUT2D eigenvalue weighted by Crippen LogP contribution is -2.20. The van der Waals surface area contributed by atoms with Gasteiger partial charge in [-0.3, -0.25) is 9.59 Å². The molecule has 22 heavy (non-hydrogen) atoms. The number of ketones is 2. The summed E-state index contributed by atoms with van der Waals surface area (Å²) in [6.07, 6.45) is 2.61. The Morgan fingerprint density at radius 1 is 1.32 bits per heavy atom. The van der Waals surface area contributed by atoms with E-state index in [9.17, 15) is 19.5 Å². The first-order valence-corrected chi connectivity index (χ1v) is 6.59. The molecular weight excluding hydrogens is 288 g/mol. The Kier molecular flexibility index (Phi) is 4.67. The summed E-state index contributed by atoms with van der Waals surface area (Å²) < 4.78 is 6.04. The standard InChI is InChI=1S/C15H14N2O5/c1-2-22-15(21)14(20)9-13(19)11-5-4-10(8-12(11)18)17-7-3-6-16-17/h3-8,18H,2,9H2,1H3. The van der Waals surface area contributed by atoms with Gasteiger partial charge in [-0.25, -0.2) is 9.48 Å². The third kappa shape index (κ3) is 3.38. The fraction of sp³-hybridized carbons (Fsp3) is 0.200. The fourth-order valence-electron chi connectivity index (χ4n) is 1.84. The van der Waals surface area contributed by atoms with Crippen molar-refractivity contribution in [1.29, 1.82) is 0 Å². The van der Waals surface area contributed by atoms with Crippen LogP contribution in [-0.2, 0) is 14.3 Å². The van der Waals surface area contributed by atoms with Gasteiger partial charge in [0.25, 0.3) is 0 Å². The predicted octanol–water partition coefficient (Wildman–Crippen LogP) is 1.28. The molecule has 2 rings (SSSR count). The third-order valence-corrected chi connectivity index (χ3v) is 2.87. The highest BCUT2D eigenvalue weighted by atomic mass is 16.5. The molecule has 114 valence electrons. The number of phenolic OH excluding ortho intramolecular Hbond substituents is 1. The quantitative estimate of drug-likeness (QED) is 0.373. The Hall–Kier alpha value is -2.96. The molecule has 1 heterocycles. The van der Waals surface area contributed by atoms with Gasteiger partial charge in [-0.15, -0.1) is 0 Å². The van der Waals surface area contributed by atoms with Gasteiger partial charge in [0, 0.05) is 18.5 Å². The lowest BCUT2D eigenvalue weighted by atomic mass is 10.0. The fourth-order valence-corrected chi connectivity index (χ4v) is 1.84. The van der Waals surface area contributed by atoms with Crippen molar-refractivity contribution < 1.29 is 24.2 Å². The second-order valence-corrected chi connectivity index (χ2v) is 4.40. The van der Waals surface area contributed by atoms with E-state index in [0.29, 0.717) is 5.69 Å². The van der Waals surface area contributed by atoms with E-state index in [1.54, 1.807) is 31.5 Å². The number of Topliss-reactive ketones (excluding diaryl/α,β-unsaturated/α-hetero) is 2. The summed E-state index contributed by atoms with van der Waals surface area (Å²) in [6.45, 7) is 1.62. The molecule has 0 saturated carbocycles. The zero-order valence-corrected chi connectivity index (χ0v) is 11.9. The number of aromatic nitrogens is 2. The number of benzene rings is 1. The van der Waals surface area contributed by atoms with Gasteiger partial charge in [-0.05, 0) is 25.1 Å². The van der Waals surface area contributed by atoms with Gasteiger partial charge in [0.1, 0.15) is 5.75 Å². The molecule has 0 amide bonds. The molecular formula is C15H14N2O5. The third-order valence-electron chi connectivity index (χ3n) is 2.87. The van der Waals surface area contributed by atoms with Crippen molar-refractivity contribution in [3.05, 3.63) is 42.2 Å². The van der Waals surface area contributed by atoms with Crippen molar-refractivity contribution in [2.24, 2.45) is 0 Å². The first kappa shape index (κ1) is 15.4. The van der Waals surface area contributed by atoms with Gasteiger partial charge in [-0.1, -0.05) is 0 Å². The molecule has 1 aromatic heterocycles. The Balaban J connectivity index is 2.14. The van der Waals surface area contributed by atoms with Crippen LogP contribution in [0.1, 0.15) is 23.7 Å². The highest BCUT2D eigenvalue weighted by molar-refractivity contribution is 6.38. The molecule has 0 unspecified atom stereocenters. The largest absolute Gasteiger partial charge is 0.507 e. The van der Waals surface area contributed by atoms with Crippen molar-refractivity contribution >= 4 is 17.5 Å². The molecule has 1 N–H and O–H groups in total. The van der Waals surface area contributed by atoms with Crippen LogP contribution in [0.2, 0.25) is 0 Å². The lowest BCUT2D eigenvalue weighted by Gasteiger charge is -2.06. The van der Waals surface area contributed by atoms with E-state index < -0.39 is 24.0 Å². The Labute approximate surface area is 126 Å². The summed E-state index contributed by atoms with van der Waals surface area (Å²) in [6, 6.07) is 6.03. The maximum Gasteiger partial charge on any atom is 0.375 e. The van der Waals surface area contributed by atoms with E-state index >= 15 is 0 Å². The molecule has 0 aliphatic rings. The first-order valence-electron chi connectivity index (χ1n) is 6.59. The number of hydrogen-bond donors (Lipinski definition) is 1. The van der Waals surface area contributed by atoms with E-state index in [2.05, 4.69) is 9.84 Å². The van der Waals surface area contributed by atoms with Gasteiger partial charge in [0.2, 0.25) is 5.78 Å². The zero-order valence-electron chi connectivity index (χ0n) is 11.9. The van der Waals surface area contributed by atoms with Crippen LogP contribution in [0.3, 0.4) is 0 Å². The molecule has 0 radical (unpaired) electrons. The maximum atomic E-state index is 12.0. The maximum absolute atomic E-state index is 12.0. The zero-order chi connectivity index (χ0) is 16.1. The molecule has 0 spiro atoms. The minimum Gasteiger partial charge on any atom is -0.507 e. The van der Waals surface area contributed by atoms with Gasteiger partial charge in [-0.2, -0.15) is 5.10 Å². The van der Waals surface area contributed by atoms with Crippen LogP contribution >= 0.6 is 0 Å². The molecule has 0 atom stereocenters. The molecule has 2 aromatic rings. The molecule has 1 aromatic carbocycles. The van der Waals surface area contributed by atoms with Gasteiger partial charge in [0.05, 0.1) is 24.3 Å². The summed E-state index contributed by atoms with van der Waals surface area (Å²) in [5, 5.41) is 13.9. The highest BCUT2D eigenvalue weighted by Crippen LogP contribution is 2.22. The molecule has 0 fully saturated rings. The average molecular weight is 302 g/mol. The number of esters is 1. The topological polar surface area (TPSA) is 98.5 Å². The van der Waals surface area contributed by atoms with E-state index in [1.165, 1.54) is 16.8 Å². The Morgan fingerprint density at radius 2 is 2.09 bits per heavy atom.